The maximum Gasteiger partial charge on any atom is 0.153 e. The molecule has 0 fully saturated rings. The Labute approximate surface area is 102 Å². The third-order valence-corrected chi connectivity index (χ3v) is 2.72. The molecule has 0 saturated carbocycles. The zero-order valence-corrected chi connectivity index (χ0v) is 9.70. The quantitative estimate of drug-likeness (QED) is 0.888. The highest BCUT2D eigenvalue weighted by Gasteiger charge is 2.14. The summed E-state index contributed by atoms with van der Waals surface area (Å²) < 4.78 is 0. The van der Waals surface area contributed by atoms with Gasteiger partial charge in [-0.25, -0.2) is 4.98 Å². The van der Waals surface area contributed by atoms with E-state index in [1.165, 1.54) is 6.33 Å². The maximum absolute atomic E-state index is 9.94. The molecular weight excluding hydrogens is 249 g/mol. The molecule has 1 heterocycles. The normalized spacial score (nSPS) is 12.7. The third kappa shape index (κ3) is 2.52. The van der Waals surface area contributed by atoms with Crippen LogP contribution in [0.4, 0.5) is 0 Å². The fourth-order valence-corrected chi connectivity index (χ4v) is 1.92. The number of H-pyrrole nitrogens is 1. The smallest absolute Gasteiger partial charge is 0.153 e. The molecule has 2 N–H and O–H groups in total. The number of aromatic nitrogens is 3. The SMILES string of the molecule is OC(Cc1nc[nH]n1)c1ccc(Cl)cc1Cl. The molecule has 1 aromatic heterocycles. The first kappa shape index (κ1) is 11.4. The average Bonchev–Trinajstić information content (AvgIpc) is 2.70. The molecule has 2 aromatic rings. The Hall–Kier alpha value is -1.10. The number of aliphatic hydroxyl groups is 1. The summed E-state index contributed by atoms with van der Waals surface area (Å²) in [6.45, 7) is 0. The number of hydrogen-bond acceptors (Lipinski definition) is 3. The Balaban J connectivity index is 2.17. The molecule has 0 aliphatic heterocycles. The molecular formula is C10H9Cl2N3O. The third-order valence-electron chi connectivity index (χ3n) is 2.16. The van der Waals surface area contributed by atoms with E-state index in [4.69, 9.17) is 23.2 Å². The monoisotopic (exact) mass is 257 g/mol. The lowest BCUT2D eigenvalue weighted by Crippen LogP contribution is -2.04. The summed E-state index contributed by atoms with van der Waals surface area (Å²) in [6.07, 6.45) is 1.04. The van der Waals surface area contributed by atoms with Gasteiger partial charge in [0, 0.05) is 16.5 Å². The van der Waals surface area contributed by atoms with Gasteiger partial charge in [0.05, 0.1) is 6.10 Å². The molecule has 6 heteroatoms. The Morgan fingerprint density at radius 2 is 2.19 bits per heavy atom. The second-order valence-corrected chi connectivity index (χ2v) is 4.14. The summed E-state index contributed by atoms with van der Waals surface area (Å²) in [4.78, 5) is 3.93. The average molecular weight is 258 g/mol. The number of aromatic amines is 1. The fraction of sp³-hybridized carbons (Fsp3) is 0.200. The molecule has 0 aliphatic rings. The number of hydrogen-bond donors (Lipinski definition) is 2. The van der Waals surface area contributed by atoms with E-state index in [0.29, 0.717) is 27.9 Å². The number of benzene rings is 1. The molecule has 1 atom stereocenters. The van der Waals surface area contributed by atoms with Crippen molar-refractivity contribution in [3.05, 3.63) is 46.0 Å². The zero-order chi connectivity index (χ0) is 11.5. The van der Waals surface area contributed by atoms with Gasteiger partial charge in [-0.05, 0) is 17.7 Å². The van der Waals surface area contributed by atoms with Crippen molar-refractivity contribution >= 4 is 23.2 Å². The van der Waals surface area contributed by atoms with E-state index < -0.39 is 6.10 Å². The lowest BCUT2D eigenvalue weighted by Gasteiger charge is -2.10. The summed E-state index contributed by atoms with van der Waals surface area (Å²) in [5.74, 6) is 0.540. The summed E-state index contributed by atoms with van der Waals surface area (Å²) in [5, 5.41) is 17.4. The van der Waals surface area contributed by atoms with E-state index in [9.17, 15) is 5.11 Å². The number of halogens is 2. The number of nitrogens with zero attached hydrogens (tertiary/aromatic N) is 2. The van der Waals surface area contributed by atoms with Crippen LogP contribution in [-0.4, -0.2) is 20.3 Å². The van der Waals surface area contributed by atoms with E-state index in [1.807, 2.05) is 0 Å². The van der Waals surface area contributed by atoms with Crippen LogP contribution in [0.25, 0.3) is 0 Å². The van der Waals surface area contributed by atoms with Gasteiger partial charge in [-0.1, -0.05) is 29.3 Å². The fourth-order valence-electron chi connectivity index (χ4n) is 1.39. The molecule has 4 nitrogen and oxygen atoms in total. The van der Waals surface area contributed by atoms with Gasteiger partial charge < -0.3 is 5.11 Å². The lowest BCUT2D eigenvalue weighted by molar-refractivity contribution is 0.176. The molecule has 0 aliphatic carbocycles. The Bertz CT molecular complexity index is 473. The number of rotatable bonds is 3. The van der Waals surface area contributed by atoms with Crippen LogP contribution >= 0.6 is 23.2 Å². The van der Waals surface area contributed by atoms with E-state index in [-0.39, 0.29) is 0 Å². The maximum atomic E-state index is 9.94. The molecule has 0 bridgehead atoms. The van der Waals surface area contributed by atoms with Gasteiger partial charge in [0.15, 0.2) is 5.82 Å². The van der Waals surface area contributed by atoms with Crippen molar-refractivity contribution < 1.29 is 5.11 Å². The topological polar surface area (TPSA) is 61.8 Å². The van der Waals surface area contributed by atoms with Crippen molar-refractivity contribution in [2.24, 2.45) is 0 Å². The number of nitrogens with one attached hydrogen (secondary N) is 1. The highest BCUT2D eigenvalue weighted by Crippen LogP contribution is 2.27. The Morgan fingerprint density at radius 3 is 2.81 bits per heavy atom. The van der Waals surface area contributed by atoms with Crippen LogP contribution in [-0.2, 0) is 6.42 Å². The van der Waals surface area contributed by atoms with Crippen molar-refractivity contribution in [3.63, 3.8) is 0 Å². The van der Waals surface area contributed by atoms with Gasteiger partial charge in [0.1, 0.15) is 6.33 Å². The van der Waals surface area contributed by atoms with E-state index >= 15 is 0 Å². The Morgan fingerprint density at radius 1 is 1.38 bits per heavy atom. The minimum absolute atomic E-state index is 0.310. The molecule has 16 heavy (non-hydrogen) atoms. The van der Waals surface area contributed by atoms with Crippen molar-refractivity contribution in [2.75, 3.05) is 0 Å². The van der Waals surface area contributed by atoms with Crippen LogP contribution in [0.5, 0.6) is 0 Å². The molecule has 0 amide bonds. The zero-order valence-electron chi connectivity index (χ0n) is 8.19. The summed E-state index contributed by atoms with van der Waals surface area (Å²) in [7, 11) is 0. The predicted molar refractivity (Wildman–Crippen MR) is 61.5 cm³/mol. The predicted octanol–water partition coefficient (Wildman–Crippen LogP) is 2.39. The molecule has 2 rings (SSSR count). The van der Waals surface area contributed by atoms with Crippen molar-refractivity contribution in [3.8, 4) is 0 Å². The van der Waals surface area contributed by atoms with Gasteiger partial charge in [-0.3, -0.25) is 5.10 Å². The standard InChI is InChI=1S/C10H9Cl2N3O/c11-6-1-2-7(8(12)3-6)9(16)4-10-13-5-14-15-10/h1-3,5,9,16H,4H2,(H,13,14,15). The second kappa shape index (κ2) is 4.82. The van der Waals surface area contributed by atoms with Gasteiger partial charge >= 0.3 is 0 Å². The van der Waals surface area contributed by atoms with E-state index in [2.05, 4.69) is 15.2 Å². The first-order valence-corrected chi connectivity index (χ1v) is 5.40. The highest BCUT2D eigenvalue weighted by atomic mass is 35.5. The minimum Gasteiger partial charge on any atom is -0.388 e. The second-order valence-electron chi connectivity index (χ2n) is 3.30. The van der Waals surface area contributed by atoms with Crippen molar-refractivity contribution in [1.82, 2.24) is 15.2 Å². The van der Waals surface area contributed by atoms with Gasteiger partial charge in [0.2, 0.25) is 0 Å². The van der Waals surface area contributed by atoms with Crippen LogP contribution < -0.4 is 0 Å². The Kier molecular flexibility index (Phi) is 3.43. The largest absolute Gasteiger partial charge is 0.388 e. The summed E-state index contributed by atoms with van der Waals surface area (Å²) >= 11 is 11.7. The first-order chi connectivity index (χ1) is 7.66. The first-order valence-electron chi connectivity index (χ1n) is 4.64. The van der Waals surface area contributed by atoms with Gasteiger partial charge in [-0.2, -0.15) is 5.10 Å². The molecule has 84 valence electrons. The molecule has 0 radical (unpaired) electrons. The van der Waals surface area contributed by atoms with Crippen molar-refractivity contribution in [2.45, 2.75) is 12.5 Å². The van der Waals surface area contributed by atoms with Crippen LogP contribution in [0.3, 0.4) is 0 Å². The van der Waals surface area contributed by atoms with Gasteiger partial charge in [0.25, 0.3) is 0 Å². The molecule has 0 saturated heterocycles. The molecule has 0 spiro atoms. The van der Waals surface area contributed by atoms with Crippen LogP contribution in [0.15, 0.2) is 24.5 Å². The van der Waals surface area contributed by atoms with Gasteiger partial charge in [-0.15, -0.1) is 0 Å². The summed E-state index contributed by atoms with van der Waals surface area (Å²) in [5.41, 5.74) is 0.621. The minimum atomic E-state index is -0.736. The molecule has 1 unspecified atom stereocenters. The lowest BCUT2D eigenvalue weighted by atomic mass is 10.1. The van der Waals surface area contributed by atoms with Crippen molar-refractivity contribution in [1.29, 1.82) is 0 Å². The van der Waals surface area contributed by atoms with Crippen LogP contribution in [0.1, 0.15) is 17.5 Å². The van der Waals surface area contributed by atoms with Crippen LogP contribution in [0, 0.1) is 0 Å². The summed E-state index contributed by atoms with van der Waals surface area (Å²) in [6, 6.07) is 4.98. The van der Waals surface area contributed by atoms with E-state index in [1.54, 1.807) is 18.2 Å². The molecule has 1 aromatic carbocycles. The highest BCUT2D eigenvalue weighted by molar-refractivity contribution is 6.35. The number of aliphatic hydroxyl groups excluding tert-OH is 1. The van der Waals surface area contributed by atoms with E-state index in [0.717, 1.165) is 0 Å². The van der Waals surface area contributed by atoms with Crippen LogP contribution in [0.2, 0.25) is 10.0 Å².